The summed E-state index contributed by atoms with van der Waals surface area (Å²) in [5, 5.41) is 0. The molecule has 17 heavy (non-hydrogen) atoms. The molecular formula is C13H18BrNO2. The van der Waals surface area contributed by atoms with Gasteiger partial charge in [0.2, 0.25) is 0 Å². The lowest BCUT2D eigenvalue weighted by Gasteiger charge is -2.27. The maximum Gasteiger partial charge on any atom is 0.330 e. The van der Waals surface area contributed by atoms with E-state index in [9.17, 15) is 4.79 Å². The minimum absolute atomic E-state index is 0.385. The third kappa shape index (κ3) is 3.30. The van der Waals surface area contributed by atoms with Crippen molar-refractivity contribution in [3.8, 4) is 0 Å². The van der Waals surface area contributed by atoms with Gasteiger partial charge >= 0.3 is 5.97 Å². The SMILES string of the molecule is CCCC[C@@](N)(C(=O)OC)c1cccc(Br)c1. The van der Waals surface area contributed by atoms with Crippen LogP contribution in [0.2, 0.25) is 0 Å². The van der Waals surface area contributed by atoms with Crippen molar-refractivity contribution in [3.63, 3.8) is 0 Å². The van der Waals surface area contributed by atoms with Gasteiger partial charge in [-0.25, -0.2) is 4.79 Å². The summed E-state index contributed by atoms with van der Waals surface area (Å²) in [7, 11) is 1.37. The van der Waals surface area contributed by atoms with Crippen molar-refractivity contribution in [2.75, 3.05) is 7.11 Å². The third-order valence-electron chi connectivity index (χ3n) is 2.81. The number of nitrogens with two attached hydrogens (primary N) is 1. The van der Waals surface area contributed by atoms with Gasteiger partial charge in [0.1, 0.15) is 5.54 Å². The van der Waals surface area contributed by atoms with Gasteiger partial charge in [0, 0.05) is 4.47 Å². The molecule has 0 amide bonds. The van der Waals surface area contributed by atoms with Crippen LogP contribution in [0.5, 0.6) is 0 Å². The lowest BCUT2D eigenvalue weighted by molar-refractivity contribution is -0.147. The summed E-state index contributed by atoms with van der Waals surface area (Å²) in [6.07, 6.45) is 2.47. The second-order valence-corrected chi connectivity index (χ2v) is 4.99. The fraction of sp³-hybridized carbons (Fsp3) is 0.462. The Bertz CT molecular complexity index is 395. The van der Waals surface area contributed by atoms with Gasteiger partial charge in [-0.15, -0.1) is 0 Å². The number of esters is 1. The largest absolute Gasteiger partial charge is 0.467 e. The van der Waals surface area contributed by atoms with Gasteiger partial charge in [0.05, 0.1) is 7.11 Å². The average molecular weight is 300 g/mol. The van der Waals surface area contributed by atoms with Gasteiger partial charge < -0.3 is 10.5 Å². The summed E-state index contributed by atoms with van der Waals surface area (Å²) in [6.45, 7) is 2.07. The zero-order chi connectivity index (χ0) is 12.9. The maximum absolute atomic E-state index is 11.9. The second kappa shape index (κ2) is 6.17. The van der Waals surface area contributed by atoms with Crippen LogP contribution in [0, 0.1) is 0 Å². The number of unbranched alkanes of at least 4 members (excludes halogenated alkanes) is 1. The second-order valence-electron chi connectivity index (χ2n) is 4.08. The van der Waals surface area contributed by atoms with Crippen molar-refractivity contribution in [2.45, 2.75) is 31.7 Å². The first-order valence-corrected chi connectivity index (χ1v) is 6.47. The van der Waals surface area contributed by atoms with E-state index >= 15 is 0 Å². The highest BCUT2D eigenvalue weighted by Crippen LogP contribution is 2.28. The number of carbonyl (C=O) groups excluding carboxylic acids is 1. The van der Waals surface area contributed by atoms with Crippen LogP contribution in [0.25, 0.3) is 0 Å². The zero-order valence-corrected chi connectivity index (χ0v) is 11.8. The minimum atomic E-state index is -1.05. The summed E-state index contributed by atoms with van der Waals surface area (Å²) in [6, 6.07) is 7.50. The van der Waals surface area contributed by atoms with Crippen LogP contribution in [0.4, 0.5) is 0 Å². The van der Waals surface area contributed by atoms with E-state index in [0.29, 0.717) is 6.42 Å². The molecule has 94 valence electrons. The highest BCUT2D eigenvalue weighted by molar-refractivity contribution is 9.10. The number of hydrogen-bond acceptors (Lipinski definition) is 3. The Kier molecular flexibility index (Phi) is 5.15. The molecule has 0 aliphatic heterocycles. The molecule has 2 N–H and O–H groups in total. The summed E-state index contributed by atoms with van der Waals surface area (Å²) < 4.78 is 5.74. The third-order valence-corrected chi connectivity index (χ3v) is 3.31. The molecule has 0 saturated carbocycles. The molecular weight excluding hydrogens is 282 g/mol. The van der Waals surface area contributed by atoms with Gasteiger partial charge in [-0.05, 0) is 24.1 Å². The van der Waals surface area contributed by atoms with E-state index in [1.165, 1.54) is 7.11 Å². The molecule has 0 bridgehead atoms. The molecule has 1 aromatic carbocycles. The minimum Gasteiger partial charge on any atom is -0.467 e. The van der Waals surface area contributed by atoms with Crippen LogP contribution in [0.3, 0.4) is 0 Å². The molecule has 3 nitrogen and oxygen atoms in total. The van der Waals surface area contributed by atoms with E-state index in [0.717, 1.165) is 22.9 Å². The number of carbonyl (C=O) groups is 1. The van der Waals surface area contributed by atoms with Crippen molar-refractivity contribution in [1.29, 1.82) is 0 Å². The van der Waals surface area contributed by atoms with Gasteiger partial charge in [-0.2, -0.15) is 0 Å². The monoisotopic (exact) mass is 299 g/mol. The highest BCUT2D eigenvalue weighted by atomic mass is 79.9. The van der Waals surface area contributed by atoms with Crippen LogP contribution in [-0.2, 0) is 15.1 Å². The number of rotatable bonds is 5. The molecule has 0 aliphatic carbocycles. The van der Waals surface area contributed by atoms with Crippen LogP contribution >= 0.6 is 15.9 Å². The van der Waals surface area contributed by atoms with Crippen molar-refractivity contribution in [1.82, 2.24) is 0 Å². The van der Waals surface area contributed by atoms with Crippen LogP contribution < -0.4 is 5.73 Å². The van der Waals surface area contributed by atoms with Crippen molar-refractivity contribution < 1.29 is 9.53 Å². The molecule has 0 spiro atoms. The Labute approximate surface area is 110 Å². The number of halogens is 1. The summed E-state index contributed by atoms with van der Waals surface area (Å²) in [5.41, 5.74) is 5.97. The van der Waals surface area contributed by atoms with Crippen LogP contribution in [-0.4, -0.2) is 13.1 Å². The zero-order valence-electron chi connectivity index (χ0n) is 10.2. The summed E-state index contributed by atoms with van der Waals surface area (Å²) in [5.74, 6) is -0.385. The molecule has 1 aromatic rings. The van der Waals surface area contributed by atoms with E-state index in [2.05, 4.69) is 22.9 Å². The Balaban J connectivity index is 3.09. The molecule has 0 fully saturated rings. The van der Waals surface area contributed by atoms with Crippen molar-refractivity contribution in [2.24, 2.45) is 5.73 Å². The summed E-state index contributed by atoms with van der Waals surface area (Å²) in [4.78, 5) is 11.9. The molecule has 1 rings (SSSR count). The Morgan fingerprint density at radius 2 is 2.24 bits per heavy atom. The quantitative estimate of drug-likeness (QED) is 0.851. The number of hydrogen-bond donors (Lipinski definition) is 1. The van der Waals surface area contributed by atoms with Crippen molar-refractivity contribution >= 4 is 21.9 Å². The van der Waals surface area contributed by atoms with E-state index < -0.39 is 5.54 Å². The molecule has 4 heteroatoms. The maximum atomic E-state index is 11.9. The smallest absolute Gasteiger partial charge is 0.330 e. The molecule has 0 aromatic heterocycles. The molecule has 0 heterocycles. The Hall–Kier alpha value is -0.870. The predicted octanol–water partition coefficient (Wildman–Crippen LogP) is 2.97. The standard InChI is InChI=1S/C13H18BrNO2/c1-3-4-8-13(15,12(16)17-2)10-6-5-7-11(14)9-10/h5-7,9H,3-4,8,15H2,1-2H3/t13-/m0/s1. The van der Waals surface area contributed by atoms with Gasteiger partial charge in [0.25, 0.3) is 0 Å². The normalized spacial score (nSPS) is 14.1. The fourth-order valence-electron chi connectivity index (χ4n) is 1.77. The number of methoxy groups -OCH3 is 1. The molecule has 0 radical (unpaired) electrons. The molecule has 0 aliphatic rings. The lowest BCUT2D eigenvalue weighted by Crippen LogP contribution is -2.45. The summed E-state index contributed by atoms with van der Waals surface area (Å²) >= 11 is 3.39. The molecule has 0 unspecified atom stereocenters. The first kappa shape index (κ1) is 14.2. The van der Waals surface area contributed by atoms with Gasteiger partial charge in [-0.1, -0.05) is 47.8 Å². The van der Waals surface area contributed by atoms with Gasteiger partial charge in [-0.3, -0.25) is 0 Å². The number of ether oxygens (including phenoxy) is 1. The highest BCUT2D eigenvalue weighted by Gasteiger charge is 2.36. The van der Waals surface area contributed by atoms with Crippen molar-refractivity contribution in [3.05, 3.63) is 34.3 Å². The van der Waals surface area contributed by atoms with Gasteiger partial charge in [0.15, 0.2) is 0 Å². The Morgan fingerprint density at radius 3 is 2.76 bits per heavy atom. The van der Waals surface area contributed by atoms with E-state index in [1.54, 1.807) is 0 Å². The van der Waals surface area contributed by atoms with E-state index in [-0.39, 0.29) is 5.97 Å². The lowest BCUT2D eigenvalue weighted by atomic mass is 9.86. The number of benzene rings is 1. The predicted molar refractivity (Wildman–Crippen MR) is 71.5 cm³/mol. The molecule has 0 saturated heterocycles. The van der Waals surface area contributed by atoms with Crippen LogP contribution in [0.1, 0.15) is 31.7 Å². The van der Waals surface area contributed by atoms with E-state index in [1.807, 2.05) is 24.3 Å². The first-order valence-electron chi connectivity index (χ1n) is 5.68. The molecule has 1 atom stereocenters. The average Bonchev–Trinajstić information content (AvgIpc) is 2.34. The fourth-order valence-corrected chi connectivity index (χ4v) is 2.17. The first-order chi connectivity index (χ1) is 8.04. The topological polar surface area (TPSA) is 52.3 Å². The Morgan fingerprint density at radius 1 is 1.53 bits per heavy atom. The van der Waals surface area contributed by atoms with Crippen LogP contribution in [0.15, 0.2) is 28.7 Å². The van der Waals surface area contributed by atoms with E-state index in [4.69, 9.17) is 10.5 Å².